The summed E-state index contributed by atoms with van der Waals surface area (Å²) in [6.07, 6.45) is 1.94. The second kappa shape index (κ2) is 24.5. The average Bonchev–Trinajstić information content (AvgIpc) is 3.74. The van der Waals surface area contributed by atoms with Gasteiger partial charge in [-0.05, 0) is 105 Å². The van der Waals surface area contributed by atoms with E-state index in [4.69, 9.17) is 18.9 Å². The largest absolute Gasteiger partial charge is 0.493 e. The van der Waals surface area contributed by atoms with Gasteiger partial charge in [0, 0.05) is 48.0 Å². The number of thiol groups is 1. The lowest BCUT2D eigenvalue weighted by molar-refractivity contribution is -0.164. The summed E-state index contributed by atoms with van der Waals surface area (Å²) in [6, 6.07) is 17.2. The number of carbonyl (C=O) groups excluding carboxylic acids is 6. The number of anilines is 1. The van der Waals surface area contributed by atoms with E-state index in [2.05, 4.69) is 28.6 Å². The van der Waals surface area contributed by atoms with Crippen molar-refractivity contribution in [3.05, 3.63) is 83.4 Å². The van der Waals surface area contributed by atoms with Gasteiger partial charge < -0.3 is 44.9 Å². The van der Waals surface area contributed by atoms with Crippen LogP contribution in [-0.2, 0) is 35.1 Å². The monoisotopic (exact) mass is 945 g/mol. The van der Waals surface area contributed by atoms with E-state index in [1.165, 1.54) is 11.0 Å². The maximum absolute atomic E-state index is 14.0. The second-order valence-electron chi connectivity index (χ2n) is 17.3. The van der Waals surface area contributed by atoms with E-state index in [-0.39, 0.29) is 62.3 Å². The molecular weight excluding hydrogens is 883 g/mol. The van der Waals surface area contributed by atoms with Crippen molar-refractivity contribution in [3.63, 3.8) is 0 Å². The number of carboxylic acid groups (broad SMARTS) is 1. The summed E-state index contributed by atoms with van der Waals surface area (Å²) in [6.45, 7) is 6.29. The zero-order valence-electron chi connectivity index (χ0n) is 38.8. The Kier molecular flexibility index (Phi) is 18.9. The van der Waals surface area contributed by atoms with Gasteiger partial charge in [0.05, 0.1) is 20.8 Å². The molecule has 0 spiro atoms. The number of esters is 1. The van der Waals surface area contributed by atoms with Gasteiger partial charge in [-0.1, -0.05) is 45.0 Å². The van der Waals surface area contributed by atoms with Crippen LogP contribution in [0.3, 0.4) is 0 Å². The van der Waals surface area contributed by atoms with E-state index in [9.17, 15) is 38.7 Å². The summed E-state index contributed by atoms with van der Waals surface area (Å²) in [4.78, 5) is 93.1. The minimum absolute atomic E-state index is 0.139. The number of nitrogens with zero attached hydrogens (tertiary/aromatic N) is 2. The fraction of sp³-hybridized carbons (Fsp3) is 0.490. The maximum atomic E-state index is 14.0. The predicted octanol–water partition coefficient (Wildman–Crippen LogP) is 6.00. The van der Waals surface area contributed by atoms with Crippen molar-refractivity contribution in [2.45, 2.75) is 102 Å². The lowest BCUT2D eigenvalue weighted by Crippen LogP contribution is -2.53. The number of hydrogen-bond donors (Lipinski definition) is 5. The number of piperidine rings is 1. The number of carbonyl (C=O) groups is 7. The summed E-state index contributed by atoms with van der Waals surface area (Å²) in [5.74, 6) is -1.29. The van der Waals surface area contributed by atoms with Crippen LogP contribution in [0.15, 0.2) is 66.7 Å². The lowest BCUT2D eigenvalue weighted by Gasteiger charge is -2.36. The van der Waals surface area contributed by atoms with Crippen LogP contribution < -0.4 is 30.2 Å². The van der Waals surface area contributed by atoms with E-state index in [1.807, 2.05) is 31.2 Å². The van der Waals surface area contributed by atoms with Crippen LogP contribution in [0.2, 0.25) is 0 Å². The topological polar surface area (TPSA) is 219 Å². The molecule has 0 unspecified atom stereocenters. The third-order valence-electron chi connectivity index (χ3n) is 12.1. The molecule has 4 N–H and O–H groups in total. The second-order valence-corrected chi connectivity index (χ2v) is 18.0. The standard InChI is InChI=1S/C49H63N5O12S/c1-6-49(2,3)43(56)46(59)53-24-8-7-16-37(53)47(60)66-39(20-18-31-19-21-40(63-4)41(26-31)64-5)32-12-10-15-35(28-32)65-25-23-50-42(55)17-11-22-51-44(57)33-13-9-14-34(27-33)52-45(58)38-29-36(67)30-54(38)48(61)62/h9-10,12-15,19,21,26-28,36-39,67H,6-8,11,16-18,20,22-25,29-30H2,1-5H3,(H,50,55)(H,51,57)(H,52,58)(H,61,62)/t36-,37-,38-,39+/m0/s1. The highest BCUT2D eigenvalue weighted by Gasteiger charge is 2.41. The van der Waals surface area contributed by atoms with Gasteiger partial charge in [-0.15, -0.1) is 0 Å². The van der Waals surface area contributed by atoms with E-state index >= 15 is 0 Å². The predicted molar refractivity (Wildman–Crippen MR) is 253 cm³/mol. The summed E-state index contributed by atoms with van der Waals surface area (Å²) in [5, 5.41) is 17.5. The molecule has 18 heteroatoms. The molecule has 0 radical (unpaired) electrons. The van der Waals surface area contributed by atoms with E-state index in [1.54, 1.807) is 64.5 Å². The number of likely N-dealkylation sites (tertiary alicyclic amines) is 2. The lowest BCUT2D eigenvalue weighted by atomic mass is 9.84. The zero-order chi connectivity index (χ0) is 48.7. The highest BCUT2D eigenvalue weighted by atomic mass is 32.1. The molecule has 2 fully saturated rings. The van der Waals surface area contributed by atoms with Crippen LogP contribution in [0.1, 0.15) is 99.7 Å². The van der Waals surface area contributed by atoms with Crippen molar-refractivity contribution in [3.8, 4) is 17.2 Å². The number of ether oxygens (including phenoxy) is 4. The highest BCUT2D eigenvalue weighted by molar-refractivity contribution is 7.81. The first-order valence-corrected chi connectivity index (χ1v) is 23.2. The minimum Gasteiger partial charge on any atom is -0.493 e. The van der Waals surface area contributed by atoms with Crippen LogP contribution in [-0.4, -0.2) is 121 Å². The molecule has 2 aliphatic heterocycles. The van der Waals surface area contributed by atoms with Crippen molar-refractivity contribution in [1.29, 1.82) is 0 Å². The molecule has 2 saturated heterocycles. The Hall–Kier alpha value is -6.30. The molecule has 4 atom stereocenters. The first-order chi connectivity index (χ1) is 32.0. The van der Waals surface area contributed by atoms with E-state index in [0.717, 1.165) is 10.5 Å². The molecule has 0 bridgehead atoms. The Morgan fingerprint density at radius 3 is 2.37 bits per heavy atom. The Labute approximate surface area is 397 Å². The number of hydrogen-bond acceptors (Lipinski definition) is 12. The SMILES string of the molecule is CCC(C)(C)C(=O)C(=O)N1CCCC[C@H]1C(=O)O[C@H](CCc1ccc(OC)c(OC)c1)c1cccc(OCCNC(=O)CCCNC(=O)c2cccc(NC(=O)[C@@H]3C[C@H](S)CN3C(=O)O)c2)c1. The molecule has 0 saturated carbocycles. The normalized spacial score (nSPS) is 17.4. The molecule has 67 heavy (non-hydrogen) atoms. The van der Waals surface area contributed by atoms with Gasteiger partial charge >= 0.3 is 12.1 Å². The first-order valence-electron chi connectivity index (χ1n) is 22.7. The number of methoxy groups -OCH3 is 2. The van der Waals surface area contributed by atoms with Gasteiger partial charge in [-0.25, -0.2) is 9.59 Å². The smallest absolute Gasteiger partial charge is 0.408 e. The molecule has 17 nitrogen and oxygen atoms in total. The average molecular weight is 946 g/mol. The molecule has 362 valence electrons. The summed E-state index contributed by atoms with van der Waals surface area (Å²) >= 11 is 4.32. The molecule has 5 amide bonds. The summed E-state index contributed by atoms with van der Waals surface area (Å²) < 4.78 is 23.1. The van der Waals surface area contributed by atoms with Crippen molar-refractivity contribution >= 4 is 59.8 Å². The van der Waals surface area contributed by atoms with Crippen molar-refractivity contribution in [1.82, 2.24) is 20.4 Å². The molecule has 0 aliphatic carbocycles. The number of nitrogens with one attached hydrogen (secondary N) is 3. The molecule has 2 heterocycles. The number of rotatable bonds is 22. The van der Waals surface area contributed by atoms with Gasteiger partial charge in [0.25, 0.3) is 11.8 Å². The summed E-state index contributed by atoms with van der Waals surface area (Å²) in [5.41, 5.74) is 1.34. The third kappa shape index (κ3) is 14.3. The Bertz CT molecular complexity index is 2250. The minimum atomic E-state index is -1.20. The van der Waals surface area contributed by atoms with Crippen molar-refractivity contribution < 1.29 is 57.6 Å². The third-order valence-corrected chi connectivity index (χ3v) is 12.5. The van der Waals surface area contributed by atoms with Crippen LogP contribution in [0.4, 0.5) is 10.5 Å². The Morgan fingerprint density at radius 1 is 0.881 bits per heavy atom. The molecular formula is C49H63N5O12S. The fourth-order valence-corrected chi connectivity index (χ4v) is 8.26. The number of aryl methyl sites for hydroxylation is 1. The number of Topliss-reactive ketones (excluding diaryl/α,β-unsaturated/α-hetero) is 1. The van der Waals surface area contributed by atoms with E-state index < -0.39 is 59.2 Å². The van der Waals surface area contributed by atoms with Crippen molar-refractivity contribution in [2.24, 2.45) is 5.41 Å². The van der Waals surface area contributed by atoms with Gasteiger partial charge in [0.2, 0.25) is 17.6 Å². The Morgan fingerprint density at radius 2 is 1.64 bits per heavy atom. The van der Waals surface area contributed by atoms with Gasteiger partial charge in [-0.2, -0.15) is 12.6 Å². The van der Waals surface area contributed by atoms with Gasteiger partial charge in [0.1, 0.15) is 30.5 Å². The zero-order valence-corrected chi connectivity index (χ0v) is 39.7. The van der Waals surface area contributed by atoms with Crippen LogP contribution in [0.25, 0.3) is 0 Å². The molecule has 3 aromatic carbocycles. The van der Waals surface area contributed by atoms with E-state index in [0.29, 0.717) is 73.4 Å². The van der Waals surface area contributed by atoms with Crippen LogP contribution >= 0.6 is 12.6 Å². The number of amides is 5. The fourth-order valence-electron chi connectivity index (χ4n) is 7.89. The van der Waals surface area contributed by atoms with Crippen LogP contribution in [0, 0.1) is 5.41 Å². The van der Waals surface area contributed by atoms with Gasteiger partial charge in [0.15, 0.2) is 11.5 Å². The molecule has 2 aliphatic rings. The molecule has 5 rings (SSSR count). The molecule has 0 aromatic heterocycles. The Balaban J connectivity index is 1.13. The number of ketones is 1. The van der Waals surface area contributed by atoms with Crippen LogP contribution in [0.5, 0.6) is 17.2 Å². The number of benzene rings is 3. The molecule has 3 aromatic rings. The van der Waals surface area contributed by atoms with Crippen molar-refractivity contribution in [2.75, 3.05) is 52.3 Å². The first kappa shape index (κ1) is 51.7. The summed E-state index contributed by atoms with van der Waals surface area (Å²) in [7, 11) is 3.12. The highest BCUT2D eigenvalue weighted by Crippen LogP contribution is 2.33. The quantitative estimate of drug-likeness (QED) is 0.0339. The maximum Gasteiger partial charge on any atom is 0.408 e. The van der Waals surface area contributed by atoms with Gasteiger partial charge in [-0.3, -0.25) is 28.9 Å².